The fourth-order valence-corrected chi connectivity index (χ4v) is 11.6. The Morgan fingerprint density at radius 3 is 1.84 bits per heavy atom. The molecule has 0 unspecified atom stereocenters. The number of carbonyl (C=O) groups excluding carboxylic acids is 1. The highest BCUT2D eigenvalue weighted by atomic mass is 127. The average molecular weight is 1350 g/mol. The number of carbonyl (C=O) groups is 1. The summed E-state index contributed by atoms with van der Waals surface area (Å²) in [5.41, 5.74) is 3.55. The zero-order valence-electron chi connectivity index (χ0n) is 51.2. The molecule has 3 aliphatic heterocycles. The maximum atomic E-state index is 13.9. The number of benzene rings is 4. The molecule has 3 aliphatic rings. The van der Waals surface area contributed by atoms with E-state index in [9.17, 15) is 18.3 Å². The van der Waals surface area contributed by atoms with Crippen LogP contribution in [0.1, 0.15) is 83.9 Å². The van der Waals surface area contributed by atoms with Gasteiger partial charge in [0.15, 0.2) is 17.8 Å². The number of hydrogen-bond acceptors (Lipinski definition) is 18. The number of aliphatic hydroxyl groups excluding tert-OH is 1. The summed E-state index contributed by atoms with van der Waals surface area (Å²) in [6, 6.07) is 27.8. The lowest BCUT2D eigenvalue weighted by atomic mass is 10.0. The first-order chi connectivity index (χ1) is 42.6. The van der Waals surface area contributed by atoms with E-state index in [1.165, 1.54) is 27.6 Å². The van der Waals surface area contributed by atoms with Gasteiger partial charge in [-0.15, -0.1) is 5.10 Å². The van der Waals surface area contributed by atoms with Crippen LogP contribution in [0.5, 0.6) is 28.7 Å². The SMILES string of the molecule is CC(C)CN(C[C@@H](O)[C@H](Cc1ccc(OCCCI)cc1)NC(=O)O[C@H]1CO[C@H]2OCC[C@H]21)S(=O)(=O)c1ccc2c(c1)OCO2.CC(C)Cc1ccc(OCCCn2ccnn2)cc1.CC(C)Cc1ccc(OCCCn2nccn2)cc1.c1cn[nH]n1. The van der Waals surface area contributed by atoms with Crippen molar-refractivity contribution in [3.63, 3.8) is 0 Å². The number of nitrogens with zero attached hydrogens (tertiary/aromatic N) is 9. The van der Waals surface area contributed by atoms with Gasteiger partial charge in [-0.3, -0.25) is 4.68 Å². The third kappa shape index (κ3) is 23.6. The molecule has 10 rings (SSSR count). The molecule has 478 valence electrons. The van der Waals surface area contributed by atoms with E-state index in [2.05, 4.69) is 116 Å². The van der Waals surface area contributed by atoms with Crippen LogP contribution in [0.3, 0.4) is 0 Å². The number of aromatic nitrogens is 9. The number of alkyl carbamates (subject to hydrolysis) is 1. The number of nitrogens with one attached hydrogen (secondary N) is 2. The maximum absolute atomic E-state index is 13.9. The average Bonchev–Trinajstić information content (AvgIpc) is 4.13. The number of H-pyrrole nitrogens is 1. The highest BCUT2D eigenvalue weighted by molar-refractivity contribution is 14.1. The molecular weight excluding hydrogens is 1260 g/mol. The number of fused-ring (bicyclic) bond motifs is 2. The van der Waals surface area contributed by atoms with Gasteiger partial charge in [-0.1, -0.05) is 106 Å². The van der Waals surface area contributed by atoms with Crippen molar-refractivity contribution in [2.24, 2.45) is 23.7 Å². The summed E-state index contributed by atoms with van der Waals surface area (Å²) in [5, 5.41) is 39.5. The number of sulfonamides is 1. The zero-order chi connectivity index (χ0) is 62.5. The van der Waals surface area contributed by atoms with E-state index < -0.39 is 34.4 Å². The smallest absolute Gasteiger partial charge is 0.407 e. The number of aliphatic hydroxyl groups is 1. The molecule has 5 atom stereocenters. The van der Waals surface area contributed by atoms with Crippen molar-refractivity contribution in [1.29, 1.82) is 0 Å². The van der Waals surface area contributed by atoms with E-state index in [0.29, 0.717) is 49.8 Å². The number of rotatable bonds is 29. The molecule has 3 aromatic heterocycles. The fourth-order valence-electron chi connectivity index (χ4n) is 9.65. The van der Waals surface area contributed by atoms with Gasteiger partial charge >= 0.3 is 6.09 Å². The van der Waals surface area contributed by atoms with Crippen LogP contribution in [0, 0.1) is 23.7 Å². The van der Waals surface area contributed by atoms with Crippen LogP contribution < -0.4 is 29.0 Å². The summed E-state index contributed by atoms with van der Waals surface area (Å²) in [4.78, 5) is 14.9. The van der Waals surface area contributed by atoms with Crippen LogP contribution in [0.15, 0.2) is 133 Å². The largest absolute Gasteiger partial charge is 0.494 e. The van der Waals surface area contributed by atoms with Crippen LogP contribution in [-0.2, 0) is 56.6 Å². The van der Waals surface area contributed by atoms with E-state index >= 15 is 0 Å². The van der Waals surface area contributed by atoms with E-state index in [1.54, 1.807) is 41.8 Å². The third-order valence-electron chi connectivity index (χ3n) is 13.9. The lowest BCUT2D eigenvalue weighted by molar-refractivity contribution is -0.0907. The van der Waals surface area contributed by atoms with Crippen molar-refractivity contribution in [3.8, 4) is 28.7 Å². The van der Waals surface area contributed by atoms with Gasteiger partial charge in [-0.25, -0.2) is 13.2 Å². The first-order valence-electron chi connectivity index (χ1n) is 30.1. The van der Waals surface area contributed by atoms with Crippen molar-refractivity contribution in [2.75, 3.05) is 57.3 Å². The second-order valence-electron chi connectivity index (χ2n) is 22.6. The highest BCUT2D eigenvalue weighted by Crippen LogP contribution is 2.36. The minimum atomic E-state index is -4.05. The molecule has 2 saturated heterocycles. The number of amides is 1. The summed E-state index contributed by atoms with van der Waals surface area (Å²) >= 11 is 2.30. The molecule has 0 aliphatic carbocycles. The van der Waals surface area contributed by atoms with Gasteiger partial charge in [0, 0.05) is 49.2 Å². The number of ether oxygens (including phenoxy) is 8. The van der Waals surface area contributed by atoms with Crippen LogP contribution in [0.4, 0.5) is 4.79 Å². The van der Waals surface area contributed by atoms with Crippen molar-refractivity contribution in [2.45, 2.75) is 129 Å². The third-order valence-corrected chi connectivity index (χ3v) is 16.4. The Morgan fingerprint density at radius 2 is 1.30 bits per heavy atom. The molecule has 0 saturated carbocycles. The Labute approximate surface area is 530 Å². The number of hydrogen-bond donors (Lipinski definition) is 3. The summed E-state index contributed by atoms with van der Waals surface area (Å²) in [7, 11) is -4.05. The van der Waals surface area contributed by atoms with Gasteiger partial charge in [-0.2, -0.15) is 34.7 Å². The topological polar surface area (TPSA) is 264 Å². The number of halogens is 1. The predicted molar refractivity (Wildman–Crippen MR) is 339 cm³/mol. The Bertz CT molecular complexity index is 3020. The Hall–Kier alpha value is -6.91. The molecule has 6 heterocycles. The Morgan fingerprint density at radius 1 is 0.716 bits per heavy atom. The van der Waals surface area contributed by atoms with Gasteiger partial charge in [0.2, 0.25) is 16.8 Å². The summed E-state index contributed by atoms with van der Waals surface area (Å²) in [5.74, 6) is 4.69. The minimum absolute atomic E-state index is 0.0175. The monoisotopic (exact) mass is 1350 g/mol. The summed E-state index contributed by atoms with van der Waals surface area (Å²) < 4.78 is 76.5. The van der Waals surface area contributed by atoms with Crippen LogP contribution in [0.2, 0.25) is 0 Å². The molecule has 88 heavy (non-hydrogen) atoms. The highest BCUT2D eigenvalue weighted by Gasteiger charge is 2.44. The van der Waals surface area contributed by atoms with Gasteiger partial charge < -0.3 is 48.3 Å². The van der Waals surface area contributed by atoms with Crippen LogP contribution in [-0.4, -0.2) is 151 Å². The first-order valence-corrected chi connectivity index (χ1v) is 33.1. The predicted octanol–water partition coefficient (Wildman–Crippen LogP) is 9.42. The molecular formula is C63H86IN11O12S. The first kappa shape index (κ1) is 68.6. The van der Waals surface area contributed by atoms with Gasteiger partial charge in [0.25, 0.3) is 0 Å². The zero-order valence-corrected chi connectivity index (χ0v) is 54.2. The normalized spacial score (nSPS) is 16.4. The van der Waals surface area contributed by atoms with E-state index in [-0.39, 0.29) is 55.9 Å². The molecule has 4 aromatic carbocycles. The Balaban J connectivity index is 0.000000209. The van der Waals surface area contributed by atoms with Crippen molar-refractivity contribution in [1.82, 2.24) is 55.0 Å². The van der Waals surface area contributed by atoms with Gasteiger partial charge in [0.05, 0.1) is 93.5 Å². The lowest BCUT2D eigenvalue weighted by Gasteiger charge is -2.31. The van der Waals surface area contributed by atoms with Gasteiger partial charge in [-0.05, 0) is 115 Å². The molecule has 23 nitrogen and oxygen atoms in total. The molecule has 1 amide bonds. The number of alkyl halides is 1. The van der Waals surface area contributed by atoms with Crippen molar-refractivity contribution in [3.05, 3.63) is 145 Å². The van der Waals surface area contributed by atoms with E-state index in [1.807, 2.05) is 73.3 Å². The van der Waals surface area contributed by atoms with Crippen molar-refractivity contribution < 1.29 is 56.2 Å². The fraction of sp³-hybridized carbons (Fsp3) is 0.508. The molecule has 0 radical (unpaired) electrons. The maximum Gasteiger partial charge on any atom is 0.407 e. The number of aromatic amines is 1. The molecule has 2 fully saturated rings. The second-order valence-corrected chi connectivity index (χ2v) is 25.6. The summed E-state index contributed by atoms with van der Waals surface area (Å²) in [6.07, 6.45) is 13.2. The quantitative estimate of drug-likeness (QED) is 0.0224. The van der Waals surface area contributed by atoms with E-state index in [0.717, 1.165) is 78.9 Å². The van der Waals surface area contributed by atoms with Crippen LogP contribution >= 0.6 is 22.6 Å². The molecule has 0 spiro atoms. The van der Waals surface area contributed by atoms with Crippen molar-refractivity contribution >= 4 is 38.7 Å². The molecule has 7 aromatic rings. The number of aryl methyl sites for hydroxylation is 2. The second kappa shape index (κ2) is 36.5. The van der Waals surface area contributed by atoms with Crippen LogP contribution in [0.25, 0.3) is 0 Å². The summed E-state index contributed by atoms with van der Waals surface area (Å²) in [6.45, 7) is 17.0. The van der Waals surface area contributed by atoms with Gasteiger partial charge in [0.1, 0.15) is 23.4 Å². The minimum Gasteiger partial charge on any atom is -0.494 e. The molecule has 3 N–H and O–H groups in total. The standard InChI is InChI=1S/C31H41IN2O10S.2C15H21N3O.C2H3N3/c1-20(2)16-34(45(37,38)23-8-9-27-28(15-23)43-19-42-27)17-26(35)25(14-21-4-6-22(7-5-21)39-12-3-11-32)33-31(36)44-29-18-41-30-24(29)10-13-40-30;1-13(2)12-14-4-6-15(7-5-14)19-11-3-10-18-16-8-9-17-18;1-13(2)12-14-4-6-15(7-5-14)19-11-3-9-18-10-8-16-17-18;1-2-4-5-3-1/h4-9,15,20,24-26,29-30,35H,3,10-14,16-19H2,1-2H3,(H,33,36);4-9,13H,3,10-12H2,1-2H3;4-8,10,13H,3,9,11-12H2,1-2H3;1-2H,(H,3,4,5)/t24-,25-,26+,29-,30+;;;/m0.../s1. The lowest BCUT2D eigenvalue weighted by Crippen LogP contribution is -2.51. The molecule has 0 bridgehead atoms. The Kier molecular flexibility index (Phi) is 28.5. The molecule has 25 heteroatoms. The van der Waals surface area contributed by atoms with E-state index in [4.69, 9.17) is 37.9 Å².